The van der Waals surface area contributed by atoms with Crippen LogP contribution in [0.25, 0.3) is 0 Å². The minimum absolute atomic E-state index is 0.0903. The highest BCUT2D eigenvalue weighted by Crippen LogP contribution is 2.44. The van der Waals surface area contributed by atoms with Crippen molar-refractivity contribution in [3.8, 4) is 0 Å². The van der Waals surface area contributed by atoms with E-state index in [-0.39, 0.29) is 17.0 Å². The van der Waals surface area contributed by atoms with Gasteiger partial charge in [0.15, 0.2) is 5.78 Å². The summed E-state index contributed by atoms with van der Waals surface area (Å²) in [5, 5.41) is 0. The van der Waals surface area contributed by atoms with Gasteiger partial charge in [-0.05, 0) is 51.0 Å². The number of rotatable bonds is 1. The number of carbonyl (C=O) groups is 1. The average Bonchev–Trinajstić information content (AvgIpc) is 2.64. The van der Waals surface area contributed by atoms with E-state index in [0.29, 0.717) is 17.7 Å². The molecule has 2 aliphatic heterocycles. The van der Waals surface area contributed by atoms with Crippen LogP contribution in [0, 0.1) is 11.3 Å². The predicted molar refractivity (Wildman–Crippen MR) is 83.7 cm³/mol. The van der Waals surface area contributed by atoms with E-state index >= 15 is 0 Å². The number of fused-ring (bicyclic) bond motifs is 1. The molecule has 0 saturated carbocycles. The maximum atomic E-state index is 12.8. The monoisotopic (exact) mass is 283 g/mol. The van der Waals surface area contributed by atoms with E-state index in [4.69, 9.17) is 0 Å². The second-order valence-electron chi connectivity index (χ2n) is 8.13. The van der Waals surface area contributed by atoms with Crippen molar-refractivity contribution in [2.75, 3.05) is 11.5 Å². The van der Waals surface area contributed by atoms with E-state index in [0.717, 1.165) is 6.42 Å². The lowest BCUT2D eigenvalue weighted by molar-refractivity contribution is -0.133. The van der Waals surface area contributed by atoms with E-state index in [9.17, 15) is 4.79 Å². The van der Waals surface area contributed by atoms with Crippen molar-refractivity contribution < 1.29 is 4.79 Å². The molecule has 2 heterocycles. The van der Waals surface area contributed by atoms with Gasteiger partial charge in [-0.3, -0.25) is 9.69 Å². The van der Waals surface area contributed by atoms with Gasteiger partial charge in [0, 0.05) is 17.0 Å². The largest absolute Gasteiger partial charge is 0.297 e. The van der Waals surface area contributed by atoms with E-state index in [2.05, 4.69) is 58.2 Å². The summed E-state index contributed by atoms with van der Waals surface area (Å²) in [5.41, 5.74) is -0.137. The average molecular weight is 283 g/mol. The Morgan fingerprint density at radius 1 is 1.16 bits per heavy atom. The lowest BCUT2D eigenvalue weighted by Gasteiger charge is -2.43. The predicted octanol–water partition coefficient (Wildman–Crippen LogP) is 3.60. The minimum Gasteiger partial charge on any atom is -0.297 e. The highest BCUT2D eigenvalue weighted by Gasteiger charge is 2.50. The fourth-order valence-electron chi connectivity index (χ4n) is 3.71. The van der Waals surface area contributed by atoms with Crippen LogP contribution < -0.4 is 0 Å². The molecule has 2 nitrogen and oxygen atoms in total. The van der Waals surface area contributed by atoms with Crippen molar-refractivity contribution >= 4 is 17.5 Å². The summed E-state index contributed by atoms with van der Waals surface area (Å²) in [6, 6.07) is 0.756. The molecule has 0 spiro atoms. The number of likely N-dealkylation sites (tertiary alicyclic amines) is 1. The Labute approximate surface area is 122 Å². The summed E-state index contributed by atoms with van der Waals surface area (Å²) < 4.78 is 0. The van der Waals surface area contributed by atoms with Gasteiger partial charge < -0.3 is 0 Å². The van der Waals surface area contributed by atoms with Crippen LogP contribution >= 0.6 is 11.8 Å². The zero-order valence-corrected chi connectivity index (χ0v) is 14.1. The van der Waals surface area contributed by atoms with Crippen molar-refractivity contribution in [3.05, 3.63) is 0 Å². The highest BCUT2D eigenvalue weighted by atomic mass is 32.2. The Morgan fingerprint density at radius 2 is 1.79 bits per heavy atom. The Balaban J connectivity index is 2.29. The number of Topliss-reactive ketones (excluding diaryl/α,β-unsaturated/α-hetero) is 1. The summed E-state index contributed by atoms with van der Waals surface area (Å²) in [6.07, 6.45) is 2.32. The molecule has 0 aromatic rings. The van der Waals surface area contributed by atoms with Gasteiger partial charge in [0.2, 0.25) is 0 Å². The maximum Gasteiger partial charge on any atom is 0.155 e. The molecule has 19 heavy (non-hydrogen) atoms. The van der Waals surface area contributed by atoms with E-state index < -0.39 is 0 Å². The molecule has 0 amide bonds. The molecule has 2 fully saturated rings. The quantitative estimate of drug-likeness (QED) is 0.733. The van der Waals surface area contributed by atoms with Crippen molar-refractivity contribution in [1.29, 1.82) is 0 Å². The van der Waals surface area contributed by atoms with Crippen LogP contribution in [0.15, 0.2) is 0 Å². The molecule has 110 valence electrons. The molecule has 3 unspecified atom stereocenters. The van der Waals surface area contributed by atoms with E-state index in [1.54, 1.807) is 0 Å². The molecule has 0 N–H and O–H groups in total. The van der Waals surface area contributed by atoms with Crippen LogP contribution in [0.3, 0.4) is 0 Å². The highest BCUT2D eigenvalue weighted by molar-refractivity contribution is 7.99. The standard InChI is InChI=1S/C16H29NOS/c1-15(2,3)14(18)13-9-11-10-19-8-7-12(11)17(13)16(4,5)6/h11-13H,7-10H2,1-6H3. The Kier molecular flexibility index (Phi) is 4.10. The number of thioether (sulfide) groups is 1. The van der Waals surface area contributed by atoms with Crippen LogP contribution in [-0.2, 0) is 4.79 Å². The molecule has 2 rings (SSSR count). The molecule has 0 aliphatic carbocycles. The second kappa shape index (κ2) is 5.07. The van der Waals surface area contributed by atoms with Crippen molar-refractivity contribution in [2.45, 2.75) is 72.0 Å². The van der Waals surface area contributed by atoms with Crippen LogP contribution in [0.5, 0.6) is 0 Å². The molecule has 0 aromatic heterocycles. The first-order valence-corrected chi connectivity index (χ1v) is 8.68. The first kappa shape index (κ1) is 15.4. The maximum absolute atomic E-state index is 12.8. The summed E-state index contributed by atoms with van der Waals surface area (Å²) >= 11 is 2.07. The van der Waals surface area contributed by atoms with Gasteiger partial charge in [0.05, 0.1) is 6.04 Å². The molecule has 2 aliphatic rings. The van der Waals surface area contributed by atoms with Gasteiger partial charge in [-0.2, -0.15) is 11.8 Å². The number of ketones is 1. The molecule has 0 radical (unpaired) electrons. The topological polar surface area (TPSA) is 20.3 Å². The molecule has 2 saturated heterocycles. The summed E-state index contributed by atoms with van der Waals surface area (Å²) in [7, 11) is 0. The third kappa shape index (κ3) is 3.02. The normalized spacial score (nSPS) is 33.3. The van der Waals surface area contributed by atoms with Crippen molar-refractivity contribution in [1.82, 2.24) is 4.90 Å². The SMILES string of the molecule is CC(C)(C)C(=O)C1CC2CSCCC2N1C(C)(C)C. The van der Waals surface area contributed by atoms with Crippen LogP contribution in [0.4, 0.5) is 0 Å². The number of carbonyl (C=O) groups excluding carboxylic acids is 1. The van der Waals surface area contributed by atoms with Crippen molar-refractivity contribution in [3.63, 3.8) is 0 Å². The Hall–Kier alpha value is -0.0200. The molecule has 3 heteroatoms. The fourth-order valence-corrected chi connectivity index (χ4v) is 4.94. The first-order chi connectivity index (χ1) is 8.62. The fraction of sp³-hybridized carbons (Fsp3) is 0.938. The summed E-state index contributed by atoms with van der Waals surface area (Å²) in [5.74, 6) is 3.64. The van der Waals surface area contributed by atoms with E-state index in [1.165, 1.54) is 17.9 Å². The second-order valence-corrected chi connectivity index (χ2v) is 9.28. The Bertz CT molecular complexity index is 353. The number of nitrogens with zero attached hydrogens (tertiary/aromatic N) is 1. The van der Waals surface area contributed by atoms with Crippen LogP contribution in [0.1, 0.15) is 54.4 Å². The zero-order valence-electron chi connectivity index (χ0n) is 13.3. The number of hydrogen-bond acceptors (Lipinski definition) is 3. The molecule has 0 aromatic carbocycles. The van der Waals surface area contributed by atoms with Crippen LogP contribution in [-0.4, -0.2) is 39.8 Å². The Morgan fingerprint density at radius 3 is 2.32 bits per heavy atom. The van der Waals surface area contributed by atoms with Gasteiger partial charge in [0.25, 0.3) is 0 Å². The van der Waals surface area contributed by atoms with Gasteiger partial charge in [0.1, 0.15) is 0 Å². The van der Waals surface area contributed by atoms with Crippen LogP contribution in [0.2, 0.25) is 0 Å². The lowest BCUT2D eigenvalue weighted by Crippen LogP contribution is -2.54. The smallest absolute Gasteiger partial charge is 0.155 e. The first-order valence-electron chi connectivity index (χ1n) is 7.53. The zero-order chi connectivity index (χ0) is 14.4. The van der Waals surface area contributed by atoms with Crippen molar-refractivity contribution in [2.24, 2.45) is 11.3 Å². The molecule has 0 bridgehead atoms. The van der Waals surface area contributed by atoms with Gasteiger partial charge in [-0.25, -0.2) is 0 Å². The van der Waals surface area contributed by atoms with E-state index in [1.807, 2.05) is 0 Å². The minimum atomic E-state index is -0.227. The number of hydrogen-bond donors (Lipinski definition) is 0. The summed E-state index contributed by atoms with van der Waals surface area (Å²) in [6.45, 7) is 13.0. The molecular weight excluding hydrogens is 254 g/mol. The van der Waals surface area contributed by atoms with Gasteiger partial charge >= 0.3 is 0 Å². The van der Waals surface area contributed by atoms with Gasteiger partial charge in [-0.1, -0.05) is 20.8 Å². The third-order valence-corrected chi connectivity index (χ3v) is 5.66. The van der Waals surface area contributed by atoms with Gasteiger partial charge in [-0.15, -0.1) is 0 Å². The summed E-state index contributed by atoms with van der Waals surface area (Å²) in [4.78, 5) is 15.4. The third-order valence-electron chi connectivity index (χ3n) is 4.47. The molecular formula is C16H29NOS. The lowest BCUT2D eigenvalue weighted by atomic mass is 9.84. The molecule has 3 atom stereocenters.